The molecule has 0 aliphatic carbocycles. The summed E-state index contributed by atoms with van der Waals surface area (Å²) in [5, 5.41) is 2.93. The summed E-state index contributed by atoms with van der Waals surface area (Å²) in [6.07, 6.45) is 0.321. The number of nitrogens with one attached hydrogen (secondary N) is 1. The first-order valence-corrected chi connectivity index (χ1v) is 8.34. The summed E-state index contributed by atoms with van der Waals surface area (Å²) in [7, 11) is 0. The van der Waals surface area contributed by atoms with Crippen LogP contribution >= 0.6 is 27.5 Å². The topological polar surface area (TPSA) is 38.3 Å². The summed E-state index contributed by atoms with van der Waals surface area (Å²) in [6.45, 7) is 7.57. The van der Waals surface area contributed by atoms with Gasteiger partial charge in [0.15, 0.2) is 0 Å². The summed E-state index contributed by atoms with van der Waals surface area (Å²) in [5.74, 6) is 0.639. The highest BCUT2D eigenvalue weighted by Crippen LogP contribution is 2.16. The second-order valence-corrected chi connectivity index (χ2v) is 7.44. The van der Waals surface area contributed by atoms with Gasteiger partial charge >= 0.3 is 6.09 Å². The van der Waals surface area contributed by atoms with Crippen LogP contribution in [-0.2, 0) is 11.2 Å². The molecule has 0 aliphatic heterocycles. The van der Waals surface area contributed by atoms with Crippen molar-refractivity contribution in [2.45, 2.75) is 45.8 Å². The van der Waals surface area contributed by atoms with Crippen molar-refractivity contribution < 1.29 is 9.53 Å². The fraction of sp³-hybridized carbons (Fsp3) is 0.562. The van der Waals surface area contributed by atoms with E-state index in [2.05, 4.69) is 21.2 Å². The van der Waals surface area contributed by atoms with Gasteiger partial charge in [-0.2, -0.15) is 0 Å². The van der Waals surface area contributed by atoms with Crippen molar-refractivity contribution in [1.29, 1.82) is 0 Å². The van der Waals surface area contributed by atoms with Crippen molar-refractivity contribution in [3.63, 3.8) is 0 Å². The number of amides is 1. The van der Waals surface area contributed by atoms with Crippen LogP contribution in [0.5, 0.6) is 0 Å². The second kappa shape index (κ2) is 8.04. The summed E-state index contributed by atoms with van der Waals surface area (Å²) < 4.78 is 6.35. The zero-order valence-corrected chi connectivity index (χ0v) is 15.3. The monoisotopic (exact) mass is 375 g/mol. The number of benzene rings is 1. The number of hydrogen-bond donors (Lipinski definition) is 1. The van der Waals surface area contributed by atoms with Gasteiger partial charge in [0, 0.05) is 16.4 Å². The molecule has 1 N–H and O–H groups in total. The Morgan fingerprint density at radius 2 is 1.90 bits per heavy atom. The Labute approximate surface area is 140 Å². The highest BCUT2D eigenvalue weighted by Gasteiger charge is 2.23. The third kappa shape index (κ3) is 7.18. The van der Waals surface area contributed by atoms with Crippen LogP contribution < -0.4 is 5.32 Å². The van der Waals surface area contributed by atoms with Gasteiger partial charge in [0.25, 0.3) is 0 Å². The zero-order chi connectivity index (χ0) is 16.0. The van der Waals surface area contributed by atoms with Crippen molar-refractivity contribution in [3.05, 3.63) is 34.3 Å². The minimum absolute atomic E-state index is 0.0569. The Kier molecular flexibility index (Phi) is 7.01. The normalized spacial score (nSPS) is 14.4. The Balaban J connectivity index is 2.72. The van der Waals surface area contributed by atoms with Gasteiger partial charge in [0.05, 0.1) is 0 Å². The molecule has 0 bridgehead atoms. The molecule has 3 nitrogen and oxygen atoms in total. The maximum absolute atomic E-state index is 11.9. The van der Waals surface area contributed by atoms with E-state index >= 15 is 0 Å². The van der Waals surface area contributed by atoms with Crippen LogP contribution in [0.4, 0.5) is 4.79 Å². The van der Waals surface area contributed by atoms with Crippen LogP contribution in [0.25, 0.3) is 0 Å². The van der Waals surface area contributed by atoms with E-state index in [1.807, 2.05) is 52.0 Å². The van der Waals surface area contributed by atoms with E-state index in [4.69, 9.17) is 16.3 Å². The van der Waals surface area contributed by atoms with Gasteiger partial charge in [-0.25, -0.2) is 4.79 Å². The highest BCUT2D eigenvalue weighted by molar-refractivity contribution is 9.10. The largest absolute Gasteiger partial charge is 0.444 e. The van der Waals surface area contributed by atoms with Crippen molar-refractivity contribution >= 4 is 33.6 Å². The van der Waals surface area contributed by atoms with E-state index in [1.54, 1.807) is 0 Å². The van der Waals surface area contributed by atoms with Gasteiger partial charge in [-0.15, -0.1) is 11.6 Å². The minimum Gasteiger partial charge on any atom is -0.444 e. The van der Waals surface area contributed by atoms with Gasteiger partial charge < -0.3 is 10.1 Å². The Morgan fingerprint density at radius 3 is 2.38 bits per heavy atom. The first-order chi connectivity index (χ1) is 9.71. The quantitative estimate of drug-likeness (QED) is 0.752. The van der Waals surface area contributed by atoms with Gasteiger partial charge in [-0.3, -0.25) is 0 Å². The predicted octanol–water partition coefficient (Wildman–Crippen LogP) is 4.76. The molecular weight excluding hydrogens is 354 g/mol. The number of rotatable bonds is 5. The number of carbonyl (C=O) groups is 1. The smallest absolute Gasteiger partial charge is 0.407 e. The van der Waals surface area contributed by atoms with Gasteiger partial charge in [-0.1, -0.05) is 35.0 Å². The van der Waals surface area contributed by atoms with Crippen molar-refractivity contribution in [3.8, 4) is 0 Å². The summed E-state index contributed by atoms with van der Waals surface area (Å²) in [5.41, 5.74) is 0.646. The van der Waals surface area contributed by atoms with Crippen molar-refractivity contribution in [2.24, 2.45) is 5.92 Å². The molecule has 0 radical (unpaired) electrons. The maximum atomic E-state index is 11.9. The van der Waals surface area contributed by atoms with Crippen LogP contribution in [0.15, 0.2) is 28.7 Å². The molecule has 118 valence electrons. The van der Waals surface area contributed by atoms with E-state index in [0.717, 1.165) is 16.5 Å². The molecule has 21 heavy (non-hydrogen) atoms. The van der Waals surface area contributed by atoms with E-state index in [-0.39, 0.29) is 12.0 Å². The number of alkyl halides is 1. The zero-order valence-electron chi connectivity index (χ0n) is 13.0. The number of carbonyl (C=O) groups excluding carboxylic acids is 1. The van der Waals surface area contributed by atoms with E-state index < -0.39 is 11.7 Å². The molecule has 1 aromatic rings. The van der Waals surface area contributed by atoms with Crippen LogP contribution in [0.1, 0.15) is 33.3 Å². The molecule has 0 aliphatic rings. The van der Waals surface area contributed by atoms with Crippen molar-refractivity contribution in [2.75, 3.05) is 5.88 Å². The Morgan fingerprint density at radius 1 is 1.33 bits per heavy atom. The molecule has 0 saturated carbocycles. The molecule has 0 heterocycles. The lowest BCUT2D eigenvalue weighted by Crippen LogP contribution is -2.44. The molecule has 5 heteroatoms. The molecule has 0 aromatic heterocycles. The van der Waals surface area contributed by atoms with Gasteiger partial charge in [-0.05, 0) is 50.8 Å². The maximum Gasteiger partial charge on any atom is 0.407 e. The van der Waals surface area contributed by atoms with E-state index in [0.29, 0.717) is 5.88 Å². The second-order valence-electron chi connectivity index (χ2n) is 6.21. The standard InChI is InChI=1S/C16H23BrClNO2/c1-11(10-18)14(19-15(20)21-16(2,3)4)9-12-5-7-13(17)8-6-12/h5-8,11,14H,9-10H2,1-4H3,(H,19,20)/t11-,14+/m1/s1. The Hall–Kier alpha value is -0.740. The first-order valence-electron chi connectivity index (χ1n) is 7.01. The van der Waals surface area contributed by atoms with Gasteiger partial charge in [0.1, 0.15) is 5.60 Å². The lowest BCUT2D eigenvalue weighted by Gasteiger charge is -2.26. The molecule has 1 rings (SSSR count). The van der Waals surface area contributed by atoms with Gasteiger partial charge in [0.2, 0.25) is 0 Å². The minimum atomic E-state index is -0.504. The number of hydrogen-bond acceptors (Lipinski definition) is 2. The summed E-state index contributed by atoms with van der Waals surface area (Å²) in [6, 6.07) is 8.00. The van der Waals surface area contributed by atoms with E-state index in [1.165, 1.54) is 0 Å². The fourth-order valence-corrected chi connectivity index (χ4v) is 2.31. The lowest BCUT2D eigenvalue weighted by molar-refractivity contribution is 0.0491. The molecule has 0 saturated heterocycles. The first kappa shape index (κ1) is 18.3. The number of alkyl carbamates (subject to hydrolysis) is 1. The van der Waals surface area contributed by atoms with Crippen LogP contribution in [-0.4, -0.2) is 23.6 Å². The third-order valence-electron chi connectivity index (χ3n) is 3.00. The SMILES string of the molecule is C[C@H](CCl)[C@H](Cc1ccc(Br)cc1)NC(=O)OC(C)(C)C. The van der Waals surface area contributed by atoms with Crippen molar-refractivity contribution in [1.82, 2.24) is 5.32 Å². The number of ether oxygens (including phenoxy) is 1. The number of halogens is 2. The molecular formula is C16H23BrClNO2. The molecule has 0 spiro atoms. The fourth-order valence-electron chi connectivity index (χ4n) is 1.84. The molecule has 0 unspecified atom stereocenters. The Bertz CT molecular complexity index is 456. The lowest BCUT2D eigenvalue weighted by atomic mass is 9.96. The summed E-state index contributed by atoms with van der Waals surface area (Å²) >= 11 is 9.37. The summed E-state index contributed by atoms with van der Waals surface area (Å²) in [4.78, 5) is 11.9. The average molecular weight is 377 g/mol. The molecule has 1 amide bonds. The predicted molar refractivity (Wildman–Crippen MR) is 90.9 cm³/mol. The molecule has 1 aromatic carbocycles. The van der Waals surface area contributed by atoms with Crippen LogP contribution in [0.3, 0.4) is 0 Å². The molecule has 2 atom stereocenters. The van der Waals surface area contributed by atoms with E-state index in [9.17, 15) is 4.79 Å². The highest BCUT2D eigenvalue weighted by atomic mass is 79.9. The van der Waals surface area contributed by atoms with Crippen LogP contribution in [0.2, 0.25) is 0 Å². The van der Waals surface area contributed by atoms with Crippen LogP contribution in [0, 0.1) is 5.92 Å². The average Bonchev–Trinajstić information content (AvgIpc) is 2.37. The molecule has 0 fully saturated rings. The third-order valence-corrected chi connectivity index (χ3v) is 4.02.